The van der Waals surface area contributed by atoms with Gasteiger partial charge in [0.1, 0.15) is 5.75 Å². The Morgan fingerprint density at radius 3 is 2.45 bits per heavy atom. The van der Waals surface area contributed by atoms with Crippen LogP contribution in [-0.4, -0.2) is 39.2 Å². The Labute approximate surface area is 119 Å². The number of nitrogens with zero attached hydrogens (tertiary/aromatic N) is 1. The number of rotatable bonds is 2. The summed E-state index contributed by atoms with van der Waals surface area (Å²) in [6.45, 7) is 5.36. The summed E-state index contributed by atoms with van der Waals surface area (Å²) in [5, 5.41) is 0. The van der Waals surface area contributed by atoms with E-state index in [9.17, 15) is 0 Å². The fourth-order valence-electron chi connectivity index (χ4n) is 3.09. The van der Waals surface area contributed by atoms with Crippen molar-refractivity contribution in [2.75, 3.05) is 44.0 Å². The molecule has 2 N–H and O–H groups in total. The maximum Gasteiger partial charge on any atom is 0.171 e. The molecule has 0 amide bonds. The fraction of sp³-hybridized carbons (Fsp3) is 0.600. The molecule has 0 bridgehead atoms. The van der Waals surface area contributed by atoms with Gasteiger partial charge in [-0.25, -0.2) is 0 Å². The molecular weight excluding hydrogens is 256 g/mol. The molecule has 0 radical (unpaired) electrons. The summed E-state index contributed by atoms with van der Waals surface area (Å²) >= 11 is 0. The Hall–Kier alpha value is -1.46. The number of nitrogen functional groups attached to an aromatic ring is 1. The lowest BCUT2D eigenvalue weighted by Crippen LogP contribution is -2.45. The van der Waals surface area contributed by atoms with Crippen LogP contribution in [0.1, 0.15) is 18.4 Å². The van der Waals surface area contributed by atoms with E-state index in [0.29, 0.717) is 18.9 Å². The van der Waals surface area contributed by atoms with E-state index in [4.69, 9.17) is 19.9 Å². The Morgan fingerprint density at radius 1 is 1.20 bits per heavy atom. The standard InChI is InChI=1S/C15H22N2O3/c1-11-9-12(16)14(18-2)10-13(11)17-5-3-15(4-6-17)19-7-8-20-15/h9-10H,3-8,16H2,1-2H3. The normalized spacial score (nSPS) is 21.4. The molecule has 1 spiro atoms. The summed E-state index contributed by atoms with van der Waals surface area (Å²) in [7, 11) is 1.65. The third-order valence-electron chi connectivity index (χ3n) is 4.23. The predicted molar refractivity (Wildman–Crippen MR) is 78.2 cm³/mol. The Kier molecular flexibility index (Phi) is 3.48. The van der Waals surface area contributed by atoms with E-state index in [1.807, 2.05) is 12.1 Å². The minimum absolute atomic E-state index is 0.331. The van der Waals surface area contributed by atoms with Crippen LogP contribution in [0.5, 0.6) is 5.75 Å². The SMILES string of the molecule is COc1cc(N2CCC3(CC2)OCCO3)c(C)cc1N. The summed E-state index contributed by atoms with van der Waals surface area (Å²) in [5.74, 6) is 0.404. The lowest BCUT2D eigenvalue weighted by Gasteiger charge is -2.39. The highest BCUT2D eigenvalue weighted by Crippen LogP contribution is 2.36. The van der Waals surface area contributed by atoms with Gasteiger partial charge in [-0.2, -0.15) is 0 Å². The van der Waals surface area contributed by atoms with Gasteiger partial charge in [-0.15, -0.1) is 0 Å². The van der Waals surface area contributed by atoms with E-state index in [-0.39, 0.29) is 5.79 Å². The lowest BCUT2D eigenvalue weighted by molar-refractivity contribution is -0.169. The van der Waals surface area contributed by atoms with Gasteiger partial charge in [0.05, 0.1) is 26.0 Å². The van der Waals surface area contributed by atoms with Gasteiger partial charge in [0, 0.05) is 37.7 Å². The first kappa shape index (κ1) is 13.5. The van der Waals surface area contributed by atoms with Crippen molar-refractivity contribution in [3.8, 4) is 5.75 Å². The quantitative estimate of drug-likeness (QED) is 0.838. The van der Waals surface area contributed by atoms with E-state index >= 15 is 0 Å². The van der Waals surface area contributed by atoms with Crippen LogP contribution in [0.2, 0.25) is 0 Å². The smallest absolute Gasteiger partial charge is 0.171 e. The summed E-state index contributed by atoms with van der Waals surface area (Å²) in [4.78, 5) is 2.35. The van der Waals surface area contributed by atoms with Crippen molar-refractivity contribution < 1.29 is 14.2 Å². The number of methoxy groups -OCH3 is 1. The average Bonchev–Trinajstić information content (AvgIpc) is 2.89. The van der Waals surface area contributed by atoms with Crippen molar-refractivity contribution in [3.63, 3.8) is 0 Å². The van der Waals surface area contributed by atoms with Crippen LogP contribution in [-0.2, 0) is 9.47 Å². The van der Waals surface area contributed by atoms with Gasteiger partial charge in [0.25, 0.3) is 0 Å². The summed E-state index contributed by atoms with van der Waals surface area (Å²) in [5.41, 5.74) is 8.98. The molecule has 20 heavy (non-hydrogen) atoms. The van der Waals surface area contributed by atoms with Gasteiger partial charge >= 0.3 is 0 Å². The molecule has 110 valence electrons. The molecule has 0 aromatic heterocycles. The van der Waals surface area contributed by atoms with E-state index in [1.165, 1.54) is 11.3 Å². The van der Waals surface area contributed by atoms with Crippen molar-refractivity contribution in [2.45, 2.75) is 25.6 Å². The number of ether oxygens (including phenoxy) is 3. The second kappa shape index (κ2) is 5.14. The molecule has 0 atom stereocenters. The lowest BCUT2D eigenvalue weighted by atomic mass is 10.0. The molecule has 5 nitrogen and oxygen atoms in total. The van der Waals surface area contributed by atoms with Gasteiger partial charge < -0.3 is 24.8 Å². The molecule has 3 rings (SSSR count). The van der Waals surface area contributed by atoms with Crippen molar-refractivity contribution in [1.29, 1.82) is 0 Å². The third kappa shape index (κ3) is 2.31. The first-order valence-corrected chi connectivity index (χ1v) is 7.10. The predicted octanol–water partition coefficient (Wildman–Crippen LogP) is 1.93. The summed E-state index contributed by atoms with van der Waals surface area (Å²) < 4.78 is 16.9. The highest BCUT2D eigenvalue weighted by molar-refractivity contribution is 5.66. The zero-order valence-corrected chi connectivity index (χ0v) is 12.1. The van der Waals surface area contributed by atoms with Crippen LogP contribution >= 0.6 is 0 Å². The molecular formula is C15H22N2O3. The second-order valence-electron chi connectivity index (χ2n) is 5.48. The number of piperidine rings is 1. The molecule has 0 saturated carbocycles. The number of benzene rings is 1. The topological polar surface area (TPSA) is 57.0 Å². The minimum atomic E-state index is -0.331. The minimum Gasteiger partial charge on any atom is -0.495 e. The van der Waals surface area contributed by atoms with Crippen molar-refractivity contribution in [3.05, 3.63) is 17.7 Å². The number of hydrogen-bond donors (Lipinski definition) is 1. The monoisotopic (exact) mass is 278 g/mol. The third-order valence-corrected chi connectivity index (χ3v) is 4.23. The van der Waals surface area contributed by atoms with E-state index < -0.39 is 0 Å². The number of anilines is 2. The molecule has 1 aromatic carbocycles. The Balaban J connectivity index is 1.77. The van der Waals surface area contributed by atoms with Gasteiger partial charge in [-0.3, -0.25) is 0 Å². The largest absolute Gasteiger partial charge is 0.495 e. The second-order valence-corrected chi connectivity index (χ2v) is 5.48. The zero-order valence-electron chi connectivity index (χ0n) is 12.1. The van der Waals surface area contributed by atoms with Gasteiger partial charge in [-0.1, -0.05) is 0 Å². The zero-order chi connectivity index (χ0) is 14.2. The summed E-state index contributed by atoms with van der Waals surface area (Å²) in [6, 6.07) is 4.00. The summed E-state index contributed by atoms with van der Waals surface area (Å²) in [6.07, 6.45) is 1.80. The van der Waals surface area contributed by atoms with Crippen LogP contribution in [0.15, 0.2) is 12.1 Å². The molecule has 1 aromatic rings. The fourth-order valence-corrected chi connectivity index (χ4v) is 3.09. The van der Waals surface area contributed by atoms with Crippen LogP contribution in [0.4, 0.5) is 11.4 Å². The van der Waals surface area contributed by atoms with Crippen molar-refractivity contribution in [2.24, 2.45) is 0 Å². The first-order valence-electron chi connectivity index (χ1n) is 7.10. The highest BCUT2D eigenvalue weighted by Gasteiger charge is 2.40. The Bertz CT molecular complexity index is 488. The maximum atomic E-state index is 5.94. The maximum absolute atomic E-state index is 5.94. The van der Waals surface area contributed by atoms with E-state index in [2.05, 4.69) is 11.8 Å². The first-order chi connectivity index (χ1) is 9.63. The highest BCUT2D eigenvalue weighted by atomic mass is 16.7. The molecule has 2 aliphatic heterocycles. The van der Waals surface area contributed by atoms with Crippen LogP contribution < -0.4 is 15.4 Å². The molecule has 2 aliphatic rings. The van der Waals surface area contributed by atoms with Crippen molar-refractivity contribution >= 4 is 11.4 Å². The molecule has 2 fully saturated rings. The molecule has 0 unspecified atom stereocenters. The van der Waals surface area contributed by atoms with Crippen LogP contribution in [0.25, 0.3) is 0 Å². The van der Waals surface area contributed by atoms with Gasteiger partial charge in [0.2, 0.25) is 0 Å². The van der Waals surface area contributed by atoms with E-state index in [1.54, 1.807) is 7.11 Å². The van der Waals surface area contributed by atoms with Crippen LogP contribution in [0, 0.1) is 6.92 Å². The number of aryl methyl sites for hydroxylation is 1. The van der Waals surface area contributed by atoms with Crippen molar-refractivity contribution in [1.82, 2.24) is 0 Å². The Morgan fingerprint density at radius 2 is 1.85 bits per heavy atom. The number of hydrogen-bond acceptors (Lipinski definition) is 5. The molecule has 0 aliphatic carbocycles. The van der Waals surface area contributed by atoms with Gasteiger partial charge in [0.15, 0.2) is 5.79 Å². The molecule has 2 saturated heterocycles. The molecule has 2 heterocycles. The van der Waals surface area contributed by atoms with E-state index in [0.717, 1.165) is 31.7 Å². The van der Waals surface area contributed by atoms with Crippen LogP contribution in [0.3, 0.4) is 0 Å². The average molecular weight is 278 g/mol. The number of nitrogens with two attached hydrogens (primary N) is 1. The van der Waals surface area contributed by atoms with Gasteiger partial charge in [-0.05, 0) is 18.6 Å². The molecule has 5 heteroatoms.